The molecule has 0 bridgehead atoms. The Balaban J connectivity index is 1.18. The first-order valence-corrected chi connectivity index (χ1v) is 26.2. The molecule has 4 heteroatoms. The van der Waals surface area contributed by atoms with Gasteiger partial charge in [-0.05, 0) is 154 Å². The summed E-state index contributed by atoms with van der Waals surface area (Å²) in [6.45, 7) is 28.0. The second kappa shape index (κ2) is 14.2. The van der Waals surface area contributed by atoms with Gasteiger partial charge in [0.25, 0.3) is 6.71 Å². The first-order chi connectivity index (χ1) is 34.3. The van der Waals surface area contributed by atoms with Gasteiger partial charge in [0.05, 0.1) is 27.8 Å². The minimum absolute atomic E-state index is 0.00122. The molecule has 3 aliphatic rings. The van der Waals surface area contributed by atoms with E-state index in [1.54, 1.807) is 0 Å². The highest BCUT2D eigenvalue weighted by atomic mass is 15.2. The summed E-state index contributed by atoms with van der Waals surface area (Å²) in [4.78, 5) is 2.61. The lowest BCUT2D eigenvalue weighted by atomic mass is 9.33. The van der Waals surface area contributed by atoms with Crippen LogP contribution in [0.25, 0.3) is 88.0 Å². The molecular formula is C68H62BN3. The largest absolute Gasteiger partial charge is 0.311 e. The molecule has 4 heterocycles. The third-order valence-electron chi connectivity index (χ3n) is 16.8. The average Bonchev–Trinajstić information content (AvgIpc) is 3.83. The molecule has 72 heavy (non-hydrogen) atoms. The number of hydrogen-bond donors (Lipinski definition) is 0. The van der Waals surface area contributed by atoms with Gasteiger partial charge in [-0.1, -0.05) is 180 Å². The number of rotatable bonds is 2. The minimum atomic E-state index is -0.0476. The molecule has 2 aromatic heterocycles. The zero-order valence-electron chi connectivity index (χ0n) is 43.9. The molecule has 352 valence electrons. The lowest BCUT2D eigenvalue weighted by Gasteiger charge is -2.41. The fourth-order valence-corrected chi connectivity index (χ4v) is 13.0. The first-order valence-electron chi connectivity index (χ1n) is 26.2. The van der Waals surface area contributed by atoms with Crippen LogP contribution in [0.5, 0.6) is 0 Å². The van der Waals surface area contributed by atoms with Crippen molar-refractivity contribution < 1.29 is 0 Å². The topological polar surface area (TPSA) is 13.1 Å². The molecule has 9 aromatic carbocycles. The van der Waals surface area contributed by atoms with Crippen molar-refractivity contribution in [2.45, 2.75) is 105 Å². The number of benzene rings is 9. The van der Waals surface area contributed by atoms with Gasteiger partial charge in [0.2, 0.25) is 0 Å². The van der Waals surface area contributed by atoms with E-state index in [9.17, 15) is 0 Å². The van der Waals surface area contributed by atoms with Crippen LogP contribution in [0.4, 0.5) is 17.1 Å². The van der Waals surface area contributed by atoms with E-state index in [-0.39, 0.29) is 28.4 Å². The maximum atomic E-state index is 2.69. The van der Waals surface area contributed by atoms with E-state index in [0.29, 0.717) is 0 Å². The normalized spacial score (nSPS) is 14.1. The van der Waals surface area contributed by atoms with Crippen molar-refractivity contribution >= 4 is 94.5 Å². The van der Waals surface area contributed by atoms with E-state index in [1.807, 2.05) is 0 Å². The Hall–Kier alpha value is -7.30. The van der Waals surface area contributed by atoms with E-state index in [2.05, 4.69) is 255 Å². The van der Waals surface area contributed by atoms with Crippen LogP contribution in [-0.2, 0) is 21.7 Å². The van der Waals surface area contributed by atoms with Gasteiger partial charge in [-0.3, -0.25) is 0 Å². The highest BCUT2D eigenvalue weighted by molar-refractivity contribution is 7.00. The molecule has 0 unspecified atom stereocenters. The third-order valence-corrected chi connectivity index (χ3v) is 16.8. The summed E-state index contributed by atoms with van der Waals surface area (Å²) in [7, 11) is 0. The predicted molar refractivity (Wildman–Crippen MR) is 311 cm³/mol. The Morgan fingerprint density at radius 2 is 0.875 bits per heavy atom. The van der Waals surface area contributed by atoms with E-state index < -0.39 is 0 Å². The van der Waals surface area contributed by atoms with Gasteiger partial charge >= 0.3 is 0 Å². The third kappa shape index (κ3) is 5.93. The predicted octanol–water partition coefficient (Wildman–Crippen LogP) is 16.5. The summed E-state index contributed by atoms with van der Waals surface area (Å²) in [5.41, 5.74) is 25.7. The zero-order valence-corrected chi connectivity index (χ0v) is 43.9. The van der Waals surface area contributed by atoms with Gasteiger partial charge < -0.3 is 14.0 Å². The van der Waals surface area contributed by atoms with E-state index >= 15 is 0 Å². The highest BCUT2D eigenvalue weighted by Crippen LogP contribution is 2.52. The number of hydrogen-bond acceptors (Lipinski definition) is 1. The molecule has 0 saturated carbocycles. The summed E-state index contributed by atoms with van der Waals surface area (Å²) in [6, 6.07) is 62.2. The highest BCUT2D eigenvalue weighted by Gasteiger charge is 2.44. The molecule has 11 aromatic rings. The van der Waals surface area contributed by atoms with Crippen molar-refractivity contribution in [1.29, 1.82) is 0 Å². The van der Waals surface area contributed by atoms with Gasteiger partial charge in [-0.15, -0.1) is 0 Å². The van der Waals surface area contributed by atoms with Crippen LogP contribution in [0.15, 0.2) is 158 Å². The Labute approximate surface area is 424 Å². The molecule has 0 amide bonds. The summed E-state index contributed by atoms with van der Waals surface area (Å²) in [6.07, 6.45) is 0. The second-order valence-corrected chi connectivity index (χ2v) is 25.5. The molecule has 0 radical (unpaired) electrons. The standard InChI is InChI=1S/C68H62BN3/c1-65(2,3)40-23-28-44(29-24-40)70-56-32-27-43(68(10,11)12)36-52(56)69-53-33-39-17-15-20-48-46-18-13-14-19-47(46)49-21-16-22-57-61(49)62(60(39)48)64(53)72(57)59-38-45(37-58(70)63(59)69)71-54-30-25-41(66(4,5)6)34-50(54)51-35-42(67(7,8)9)26-31-55(51)71/h13-38H,1-12H3. The summed E-state index contributed by atoms with van der Waals surface area (Å²) >= 11 is 0. The fourth-order valence-electron chi connectivity index (χ4n) is 13.0. The van der Waals surface area contributed by atoms with Gasteiger partial charge in [0, 0.05) is 44.3 Å². The van der Waals surface area contributed by atoms with Crippen LogP contribution in [0.2, 0.25) is 0 Å². The van der Waals surface area contributed by atoms with Crippen LogP contribution in [-0.4, -0.2) is 15.8 Å². The number of nitrogens with zero attached hydrogens (tertiary/aromatic N) is 3. The van der Waals surface area contributed by atoms with Crippen LogP contribution < -0.4 is 21.3 Å². The molecule has 0 saturated heterocycles. The van der Waals surface area contributed by atoms with E-state index in [0.717, 1.165) is 5.69 Å². The molecule has 0 fully saturated rings. The summed E-state index contributed by atoms with van der Waals surface area (Å²) < 4.78 is 5.27. The molecule has 0 spiro atoms. The fraction of sp³-hybridized carbons (Fsp3) is 0.235. The maximum absolute atomic E-state index is 2.69. The molecule has 0 N–H and O–H groups in total. The van der Waals surface area contributed by atoms with Gasteiger partial charge in [-0.25, -0.2) is 0 Å². The molecule has 2 aliphatic heterocycles. The molecular weight excluding hydrogens is 870 g/mol. The second-order valence-electron chi connectivity index (χ2n) is 25.5. The van der Waals surface area contributed by atoms with Gasteiger partial charge in [-0.2, -0.15) is 0 Å². The first kappa shape index (κ1) is 43.5. The summed E-state index contributed by atoms with van der Waals surface area (Å²) in [5, 5.41) is 7.95. The molecule has 1 aliphatic carbocycles. The Kier molecular flexibility index (Phi) is 8.59. The van der Waals surface area contributed by atoms with E-state index in [4.69, 9.17) is 0 Å². The lowest BCUT2D eigenvalue weighted by Crippen LogP contribution is -2.60. The van der Waals surface area contributed by atoms with Crippen molar-refractivity contribution in [3.8, 4) is 33.6 Å². The van der Waals surface area contributed by atoms with Crippen molar-refractivity contribution in [1.82, 2.24) is 9.13 Å². The number of anilines is 3. The van der Waals surface area contributed by atoms with Crippen LogP contribution in [0, 0.1) is 0 Å². The Morgan fingerprint density at radius 1 is 0.347 bits per heavy atom. The van der Waals surface area contributed by atoms with Crippen LogP contribution >= 0.6 is 0 Å². The summed E-state index contributed by atoms with van der Waals surface area (Å²) in [5.74, 6) is 0. The Morgan fingerprint density at radius 3 is 1.49 bits per heavy atom. The zero-order chi connectivity index (χ0) is 49.7. The molecule has 0 atom stereocenters. The smallest absolute Gasteiger partial charge is 0.252 e. The maximum Gasteiger partial charge on any atom is 0.252 e. The van der Waals surface area contributed by atoms with Crippen molar-refractivity contribution in [3.63, 3.8) is 0 Å². The Bertz CT molecular complexity index is 4120. The number of fused-ring (bicyclic) bond motifs is 11. The molecule has 3 nitrogen and oxygen atoms in total. The quantitative estimate of drug-likeness (QED) is 0.157. The lowest BCUT2D eigenvalue weighted by molar-refractivity contribution is 0.590. The van der Waals surface area contributed by atoms with Crippen molar-refractivity contribution in [2.75, 3.05) is 4.90 Å². The minimum Gasteiger partial charge on any atom is -0.311 e. The van der Waals surface area contributed by atoms with Gasteiger partial charge in [0.15, 0.2) is 0 Å². The average molecular weight is 932 g/mol. The van der Waals surface area contributed by atoms with Crippen molar-refractivity contribution in [3.05, 3.63) is 180 Å². The monoisotopic (exact) mass is 932 g/mol. The molecule has 14 rings (SSSR count). The van der Waals surface area contributed by atoms with Gasteiger partial charge in [0.1, 0.15) is 0 Å². The van der Waals surface area contributed by atoms with Crippen molar-refractivity contribution in [2.24, 2.45) is 0 Å². The van der Waals surface area contributed by atoms with E-state index in [1.165, 1.54) is 138 Å². The SMILES string of the molecule is CC(C)(C)c1ccc(N2c3ccc(C(C)(C)C)cc3B3c4c2cc(-n2c5ccc(C(C)(C)C)cc5c5cc(C(C)(C)C)ccc52)cc4-n2c4cccc5c4c4c6c(cccc6cc3c42)-c2ccccc2-5)cc1. The number of aromatic nitrogens is 2. The van der Waals surface area contributed by atoms with Crippen LogP contribution in [0.1, 0.15) is 105 Å². The van der Waals surface area contributed by atoms with Crippen LogP contribution in [0.3, 0.4) is 0 Å².